The Kier molecular flexibility index (Phi) is 6.63. The van der Waals surface area contributed by atoms with E-state index >= 15 is 0 Å². The Morgan fingerprint density at radius 2 is 2.26 bits per heavy atom. The number of amides is 1. The van der Waals surface area contributed by atoms with Crippen LogP contribution in [0.3, 0.4) is 0 Å². The lowest BCUT2D eigenvalue weighted by atomic mass is 10.0. The summed E-state index contributed by atoms with van der Waals surface area (Å²) in [6, 6.07) is 7.55. The Morgan fingerprint density at radius 3 is 2.89 bits per heavy atom. The zero-order valence-corrected chi connectivity index (χ0v) is 12.6. The first-order chi connectivity index (χ1) is 8.66. The van der Waals surface area contributed by atoms with Crippen LogP contribution in [0.2, 0.25) is 5.02 Å². The van der Waals surface area contributed by atoms with Gasteiger partial charge in [0.05, 0.1) is 12.1 Å². The fourth-order valence-corrected chi connectivity index (χ4v) is 2.45. The van der Waals surface area contributed by atoms with Crippen LogP contribution in [0.4, 0.5) is 0 Å². The van der Waals surface area contributed by atoms with Crippen LogP contribution < -0.4 is 10.6 Å². The van der Waals surface area contributed by atoms with Gasteiger partial charge in [0.15, 0.2) is 0 Å². The van der Waals surface area contributed by atoms with E-state index < -0.39 is 0 Å². The molecular formula is C14H20Cl2N2O. The highest BCUT2D eigenvalue weighted by Crippen LogP contribution is 2.18. The maximum atomic E-state index is 12.1. The van der Waals surface area contributed by atoms with E-state index in [4.69, 9.17) is 11.6 Å². The number of hydrogen-bond acceptors (Lipinski definition) is 2. The van der Waals surface area contributed by atoms with Crippen molar-refractivity contribution in [1.82, 2.24) is 10.6 Å². The molecule has 1 amide bonds. The lowest BCUT2D eigenvalue weighted by Crippen LogP contribution is -2.47. The molecule has 19 heavy (non-hydrogen) atoms. The average Bonchev–Trinajstić information content (AvgIpc) is 2.39. The van der Waals surface area contributed by atoms with Gasteiger partial charge in [-0.3, -0.25) is 4.79 Å². The van der Waals surface area contributed by atoms with Gasteiger partial charge in [0.25, 0.3) is 0 Å². The maximum Gasteiger partial charge on any atom is 0.237 e. The van der Waals surface area contributed by atoms with Gasteiger partial charge in [0.2, 0.25) is 5.91 Å². The van der Waals surface area contributed by atoms with E-state index in [1.807, 2.05) is 31.2 Å². The molecule has 0 aliphatic carbocycles. The summed E-state index contributed by atoms with van der Waals surface area (Å²) in [4.78, 5) is 12.1. The topological polar surface area (TPSA) is 41.1 Å². The molecule has 0 spiro atoms. The fraction of sp³-hybridized carbons (Fsp3) is 0.500. The van der Waals surface area contributed by atoms with Crippen LogP contribution in [0.25, 0.3) is 0 Å². The molecule has 106 valence electrons. The largest absolute Gasteiger partial charge is 0.348 e. The van der Waals surface area contributed by atoms with Crippen molar-refractivity contribution in [2.45, 2.75) is 38.3 Å². The molecule has 1 aromatic carbocycles. The molecule has 0 saturated carbocycles. The van der Waals surface area contributed by atoms with Crippen molar-refractivity contribution >= 4 is 29.9 Å². The van der Waals surface area contributed by atoms with Crippen LogP contribution in [-0.2, 0) is 4.79 Å². The Morgan fingerprint density at radius 1 is 1.47 bits per heavy atom. The second-order valence-corrected chi connectivity index (χ2v) is 5.22. The van der Waals surface area contributed by atoms with Crippen LogP contribution >= 0.6 is 24.0 Å². The minimum Gasteiger partial charge on any atom is -0.348 e. The number of piperidine rings is 1. The number of carbonyl (C=O) groups excluding carboxylic acids is 1. The maximum absolute atomic E-state index is 12.1. The van der Waals surface area contributed by atoms with Gasteiger partial charge in [0, 0.05) is 5.02 Å². The number of carbonyl (C=O) groups is 1. The van der Waals surface area contributed by atoms with Crippen molar-refractivity contribution in [3.05, 3.63) is 34.9 Å². The summed E-state index contributed by atoms with van der Waals surface area (Å²) >= 11 is 5.95. The predicted octanol–water partition coefficient (Wildman–Crippen LogP) is 3.08. The standard InChI is InChI=1S/C14H19ClN2O.ClH/c1-10(11-5-4-6-12(15)9-11)17-14(18)13-7-2-3-8-16-13;/h4-6,9-10,13,16H,2-3,7-8H2,1H3,(H,17,18);1H/t10-,13+;/m1./s1. The summed E-state index contributed by atoms with van der Waals surface area (Å²) in [7, 11) is 0. The third kappa shape index (κ3) is 4.68. The molecule has 0 bridgehead atoms. The van der Waals surface area contributed by atoms with Gasteiger partial charge in [-0.25, -0.2) is 0 Å². The van der Waals surface area contributed by atoms with Gasteiger partial charge in [-0.2, -0.15) is 0 Å². The Labute approximate surface area is 125 Å². The molecule has 2 N–H and O–H groups in total. The van der Waals surface area contributed by atoms with Gasteiger partial charge in [-0.15, -0.1) is 12.4 Å². The van der Waals surface area contributed by atoms with Crippen molar-refractivity contribution in [2.24, 2.45) is 0 Å². The second-order valence-electron chi connectivity index (χ2n) is 4.79. The van der Waals surface area contributed by atoms with Gasteiger partial charge < -0.3 is 10.6 Å². The number of rotatable bonds is 3. The van der Waals surface area contributed by atoms with Crippen LogP contribution in [0, 0.1) is 0 Å². The fourth-order valence-electron chi connectivity index (χ4n) is 2.25. The van der Waals surface area contributed by atoms with Crippen molar-refractivity contribution in [1.29, 1.82) is 0 Å². The summed E-state index contributed by atoms with van der Waals surface area (Å²) in [5.41, 5.74) is 1.03. The quantitative estimate of drug-likeness (QED) is 0.901. The first-order valence-electron chi connectivity index (χ1n) is 6.46. The summed E-state index contributed by atoms with van der Waals surface area (Å²) < 4.78 is 0. The highest BCUT2D eigenvalue weighted by molar-refractivity contribution is 6.30. The highest BCUT2D eigenvalue weighted by Gasteiger charge is 2.21. The van der Waals surface area contributed by atoms with Crippen LogP contribution in [0.15, 0.2) is 24.3 Å². The smallest absolute Gasteiger partial charge is 0.237 e. The lowest BCUT2D eigenvalue weighted by molar-refractivity contribution is -0.124. The molecule has 3 nitrogen and oxygen atoms in total. The van der Waals surface area contributed by atoms with Gasteiger partial charge in [0.1, 0.15) is 0 Å². The zero-order valence-electron chi connectivity index (χ0n) is 11.0. The van der Waals surface area contributed by atoms with Crippen LogP contribution in [0.5, 0.6) is 0 Å². The molecule has 0 unspecified atom stereocenters. The molecule has 2 atom stereocenters. The number of nitrogens with one attached hydrogen (secondary N) is 2. The summed E-state index contributed by atoms with van der Waals surface area (Å²) in [6.07, 6.45) is 3.21. The normalized spacial score (nSPS) is 20.2. The molecule has 1 aliphatic rings. The summed E-state index contributed by atoms with van der Waals surface area (Å²) in [5.74, 6) is 0.0853. The molecule has 0 aromatic heterocycles. The van der Waals surface area contributed by atoms with E-state index in [9.17, 15) is 4.79 Å². The Hall–Kier alpha value is -0.770. The van der Waals surface area contributed by atoms with Crippen molar-refractivity contribution in [3.8, 4) is 0 Å². The van der Waals surface area contributed by atoms with Crippen LogP contribution in [0.1, 0.15) is 37.8 Å². The van der Waals surface area contributed by atoms with Crippen LogP contribution in [-0.4, -0.2) is 18.5 Å². The van der Waals surface area contributed by atoms with E-state index in [0.29, 0.717) is 5.02 Å². The van der Waals surface area contributed by atoms with E-state index in [1.54, 1.807) is 0 Å². The second kappa shape index (κ2) is 7.73. The highest BCUT2D eigenvalue weighted by atomic mass is 35.5. The summed E-state index contributed by atoms with van der Waals surface area (Å²) in [6.45, 7) is 2.91. The van der Waals surface area contributed by atoms with Gasteiger partial charge >= 0.3 is 0 Å². The molecule has 5 heteroatoms. The molecule has 1 saturated heterocycles. The van der Waals surface area contributed by atoms with Crippen molar-refractivity contribution in [2.75, 3.05) is 6.54 Å². The average molecular weight is 303 g/mol. The number of benzene rings is 1. The number of halogens is 2. The molecule has 1 aliphatic heterocycles. The monoisotopic (exact) mass is 302 g/mol. The van der Waals surface area contributed by atoms with Crippen molar-refractivity contribution in [3.63, 3.8) is 0 Å². The minimum atomic E-state index is -0.0413. The Bertz CT molecular complexity index is 420. The molecule has 1 aromatic rings. The molecule has 0 radical (unpaired) electrons. The van der Waals surface area contributed by atoms with Crippen molar-refractivity contribution < 1.29 is 4.79 Å². The summed E-state index contributed by atoms with van der Waals surface area (Å²) in [5, 5.41) is 6.98. The molecular weight excluding hydrogens is 283 g/mol. The SMILES string of the molecule is C[C@@H](NC(=O)[C@@H]1CCCCN1)c1cccc(Cl)c1.Cl. The first kappa shape index (κ1) is 16.3. The predicted molar refractivity (Wildman–Crippen MR) is 80.9 cm³/mol. The molecule has 1 fully saturated rings. The zero-order chi connectivity index (χ0) is 13.0. The van der Waals surface area contributed by atoms with Gasteiger partial charge in [-0.05, 0) is 44.0 Å². The molecule has 1 heterocycles. The first-order valence-corrected chi connectivity index (χ1v) is 6.84. The number of hydrogen-bond donors (Lipinski definition) is 2. The third-order valence-electron chi connectivity index (χ3n) is 3.33. The van der Waals surface area contributed by atoms with E-state index in [1.165, 1.54) is 0 Å². The van der Waals surface area contributed by atoms with E-state index in [-0.39, 0.29) is 30.4 Å². The van der Waals surface area contributed by atoms with Gasteiger partial charge in [-0.1, -0.05) is 30.2 Å². The third-order valence-corrected chi connectivity index (χ3v) is 3.57. The van der Waals surface area contributed by atoms with E-state index in [2.05, 4.69) is 10.6 Å². The van der Waals surface area contributed by atoms with E-state index in [0.717, 1.165) is 31.4 Å². The minimum absolute atomic E-state index is 0. The lowest BCUT2D eigenvalue weighted by Gasteiger charge is -2.24. The molecule has 2 rings (SSSR count). The Balaban J connectivity index is 0.00000180.